The van der Waals surface area contributed by atoms with Crippen LogP contribution in [0.4, 0.5) is 0 Å². The summed E-state index contributed by atoms with van der Waals surface area (Å²) < 4.78 is 5.63. The lowest BCUT2D eigenvalue weighted by Crippen LogP contribution is -2.43. The normalized spacial score (nSPS) is 21.9. The Balaban J connectivity index is 1.74. The summed E-state index contributed by atoms with van der Waals surface area (Å²) in [5, 5.41) is 4.06. The molecule has 0 unspecified atom stereocenters. The quantitative estimate of drug-likeness (QED) is 0.909. The third-order valence-corrected chi connectivity index (χ3v) is 4.11. The highest BCUT2D eigenvalue weighted by Gasteiger charge is 2.26. The summed E-state index contributed by atoms with van der Waals surface area (Å²) in [6.07, 6.45) is 1.84. The number of rotatable bonds is 5. The Morgan fingerprint density at radius 3 is 2.81 bits per heavy atom. The lowest BCUT2D eigenvalue weighted by atomic mass is 9.92. The molecule has 1 aromatic rings. The first kappa shape index (κ1) is 16.1. The Labute approximate surface area is 131 Å². The number of nitrogens with zero attached hydrogens (tertiary/aromatic N) is 1. The fourth-order valence-corrected chi connectivity index (χ4v) is 2.74. The molecule has 21 heavy (non-hydrogen) atoms. The molecule has 4 nitrogen and oxygen atoms in total. The van der Waals surface area contributed by atoms with Crippen molar-refractivity contribution in [3.63, 3.8) is 0 Å². The summed E-state index contributed by atoms with van der Waals surface area (Å²) in [7, 11) is 1.85. The molecular formula is C16H23ClN2O2. The van der Waals surface area contributed by atoms with E-state index in [1.54, 1.807) is 17.0 Å². The van der Waals surface area contributed by atoms with E-state index in [4.69, 9.17) is 16.3 Å². The predicted molar refractivity (Wildman–Crippen MR) is 84.8 cm³/mol. The first-order valence-electron chi connectivity index (χ1n) is 7.43. The second-order valence-electron chi connectivity index (χ2n) is 5.64. The van der Waals surface area contributed by atoms with Gasteiger partial charge in [-0.15, -0.1) is 0 Å². The maximum Gasteiger partial charge on any atom is 0.225 e. The Kier molecular flexibility index (Phi) is 5.88. The average molecular weight is 311 g/mol. The Hall–Kier alpha value is -1.26. The van der Waals surface area contributed by atoms with Crippen LogP contribution in [0.1, 0.15) is 19.8 Å². The van der Waals surface area contributed by atoms with Crippen LogP contribution in [0.25, 0.3) is 0 Å². The van der Waals surface area contributed by atoms with Crippen LogP contribution in [0.15, 0.2) is 24.3 Å². The van der Waals surface area contributed by atoms with Crippen LogP contribution in [-0.4, -0.2) is 43.6 Å². The van der Waals surface area contributed by atoms with Gasteiger partial charge in [0.15, 0.2) is 0 Å². The summed E-state index contributed by atoms with van der Waals surface area (Å²) in [4.78, 5) is 14.1. The number of piperidine rings is 1. The first-order valence-corrected chi connectivity index (χ1v) is 7.81. The molecule has 5 heteroatoms. The second kappa shape index (κ2) is 7.66. The van der Waals surface area contributed by atoms with E-state index in [9.17, 15) is 4.79 Å². The van der Waals surface area contributed by atoms with Crippen LogP contribution < -0.4 is 10.1 Å². The number of amides is 1. The van der Waals surface area contributed by atoms with Crippen LogP contribution in [0, 0.1) is 5.92 Å². The van der Waals surface area contributed by atoms with Gasteiger partial charge in [-0.1, -0.05) is 11.6 Å². The number of likely N-dealkylation sites (N-methyl/N-ethyl adjacent to an activating group) is 1. The maximum absolute atomic E-state index is 12.4. The smallest absolute Gasteiger partial charge is 0.225 e. The van der Waals surface area contributed by atoms with Gasteiger partial charge in [0.05, 0.1) is 6.54 Å². The van der Waals surface area contributed by atoms with Crippen molar-refractivity contribution in [1.82, 2.24) is 10.2 Å². The van der Waals surface area contributed by atoms with E-state index >= 15 is 0 Å². The van der Waals surface area contributed by atoms with Crippen LogP contribution >= 0.6 is 11.6 Å². The molecule has 0 aromatic heterocycles. The van der Waals surface area contributed by atoms with Gasteiger partial charge in [0, 0.05) is 24.0 Å². The third-order valence-electron chi connectivity index (χ3n) is 3.86. The number of carbonyl (C=O) groups excluding carboxylic acids is 1. The van der Waals surface area contributed by atoms with E-state index in [0.717, 1.165) is 25.1 Å². The minimum atomic E-state index is 0.141. The maximum atomic E-state index is 12.4. The molecule has 1 fully saturated rings. The predicted octanol–water partition coefficient (Wildman–Crippen LogP) is 2.57. The lowest BCUT2D eigenvalue weighted by Gasteiger charge is -2.30. The molecule has 1 aliphatic heterocycles. The fraction of sp³-hybridized carbons (Fsp3) is 0.562. The van der Waals surface area contributed by atoms with Crippen LogP contribution in [0.3, 0.4) is 0 Å². The molecule has 0 bridgehead atoms. The minimum absolute atomic E-state index is 0.141. The fourth-order valence-electron chi connectivity index (χ4n) is 2.61. The number of hydrogen-bond acceptors (Lipinski definition) is 3. The molecule has 0 spiro atoms. The number of nitrogens with one attached hydrogen (secondary N) is 1. The van der Waals surface area contributed by atoms with Crippen LogP contribution in [0.5, 0.6) is 5.75 Å². The monoisotopic (exact) mass is 310 g/mol. The Bertz CT molecular complexity index is 464. The molecule has 1 aromatic carbocycles. The average Bonchev–Trinajstić information content (AvgIpc) is 2.48. The van der Waals surface area contributed by atoms with E-state index in [0.29, 0.717) is 24.2 Å². The summed E-state index contributed by atoms with van der Waals surface area (Å²) >= 11 is 5.82. The molecule has 1 amide bonds. The summed E-state index contributed by atoms with van der Waals surface area (Å²) in [5.74, 6) is 1.14. The van der Waals surface area contributed by atoms with Gasteiger partial charge in [-0.3, -0.25) is 4.79 Å². The first-order chi connectivity index (χ1) is 10.1. The highest BCUT2D eigenvalue weighted by atomic mass is 35.5. The van der Waals surface area contributed by atoms with E-state index < -0.39 is 0 Å². The van der Waals surface area contributed by atoms with Crippen LogP contribution in [-0.2, 0) is 4.79 Å². The van der Waals surface area contributed by atoms with Crippen molar-refractivity contribution < 1.29 is 9.53 Å². The molecule has 0 radical (unpaired) electrons. The van der Waals surface area contributed by atoms with Crippen LogP contribution in [0.2, 0.25) is 5.02 Å². The van der Waals surface area contributed by atoms with Crippen molar-refractivity contribution >= 4 is 17.5 Å². The second-order valence-corrected chi connectivity index (χ2v) is 6.08. The molecule has 0 aliphatic carbocycles. The van der Waals surface area contributed by atoms with Gasteiger partial charge < -0.3 is 15.0 Å². The summed E-state index contributed by atoms with van der Waals surface area (Å²) in [5.41, 5.74) is 0. The number of hydrogen-bond donors (Lipinski definition) is 1. The Morgan fingerprint density at radius 2 is 2.14 bits per heavy atom. The molecule has 0 saturated carbocycles. The number of halogens is 1. The minimum Gasteiger partial charge on any atom is -0.492 e. The molecular weight excluding hydrogens is 288 g/mol. The van der Waals surface area contributed by atoms with Crippen molar-refractivity contribution in [3.8, 4) is 5.75 Å². The van der Waals surface area contributed by atoms with Gasteiger partial charge in [0.2, 0.25) is 5.91 Å². The summed E-state index contributed by atoms with van der Waals surface area (Å²) in [6, 6.07) is 7.67. The van der Waals surface area contributed by atoms with Crippen molar-refractivity contribution in [2.45, 2.75) is 25.8 Å². The lowest BCUT2D eigenvalue weighted by molar-refractivity contribution is -0.135. The highest BCUT2D eigenvalue weighted by Crippen LogP contribution is 2.18. The number of carbonyl (C=O) groups is 1. The van der Waals surface area contributed by atoms with Gasteiger partial charge in [0.1, 0.15) is 12.4 Å². The SMILES string of the molecule is C[C@H]1C[C@@H](C(=O)N(C)CCOc2ccc(Cl)cc2)CCN1. The standard InChI is InChI=1S/C16H23ClN2O2/c1-12-11-13(7-8-18-12)16(20)19(2)9-10-21-15-5-3-14(17)4-6-15/h3-6,12-13,18H,7-11H2,1-2H3/t12-,13-/m0/s1. The summed E-state index contributed by atoms with van der Waals surface area (Å²) in [6.45, 7) is 4.14. The van der Waals surface area contributed by atoms with E-state index in [-0.39, 0.29) is 11.8 Å². The van der Waals surface area contributed by atoms with Crippen molar-refractivity contribution in [1.29, 1.82) is 0 Å². The third kappa shape index (κ3) is 4.90. The van der Waals surface area contributed by atoms with Gasteiger partial charge in [-0.25, -0.2) is 0 Å². The van der Waals surface area contributed by atoms with E-state index in [1.165, 1.54) is 0 Å². The molecule has 1 N–H and O–H groups in total. The zero-order chi connectivity index (χ0) is 15.2. The molecule has 1 aliphatic rings. The topological polar surface area (TPSA) is 41.6 Å². The largest absolute Gasteiger partial charge is 0.492 e. The van der Waals surface area contributed by atoms with Crippen molar-refractivity contribution in [3.05, 3.63) is 29.3 Å². The van der Waals surface area contributed by atoms with Crippen molar-refractivity contribution in [2.75, 3.05) is 26.7 Å². The van der Waals surface area contributed by atoms with Gasteiger partial charge in [-0.2, -0.15) is 0 Å². The number of ether oxygens (including phenoxy) is 1. The van der Waals surface area contributed by atoms with Gasteiger partial charge in [0.25, 0.3) is 0 Å². The van der Waals surface area contributed by atoms with E-state index in [1.807, 2.05) is 19.2 Å². The zero-order valence-corrected chi connectivity index (χ0v) is 13.4. The highest BCUT2D eigenvalue weighted by molar-refractivity contribution is 6.30. The zero-order valence-electron chi connectivity index (χ0n) is 12.6. The molecule has 2 atom stereocenters. The molecule has 1 saturated heterocycles. The van der Waals surface area contributed by atoms with Gasteiger partial charge >= 0.3 is 0 Å². The molecule has 116 valence electrons. The van der Waals surface area contributed by atoms with Crippen molar-refractivity contribution in [2.24, 2.45) is 5.92 Å². The molecule has 2 rings (SSSR count). The molecule has 1 heterocycles. The van der Waals surface area contributed by atoms with E-state index in [2.05, 4.69) is 12.2 Å². The number of benzene rings is 1. The Morgan fingerprint density at radius 1 is 1.43 bits per heavy atom. The van der Waals surface area contributed by atoms with Gasteiger partial charge in [-0.05, 0) is 50.6 Å².